The minimum atomic E-state index is -1.27. The van der Waals surface area contributed by atoms with Gasteiger partial charge in [-0.3, -0.25) is 19.3 Å². The molecule has 304 valence electrons. The van der Waals surface area contributed by atoms with Crippen LogP contribution >= 0.6 is 0 Å². The van der Waals surface area contributed by atoms with E-state index in [4.69, 9.17) is 10.5 Å². The van der Waals surface area contributed by atoms with Crippen molar-refractivity contribution in [1.29, 1.82) is 0 Å². The van der Waals surface area contributed by atoms with Crippen LogP contribution in [-0.2, 0) is 25.7 Å². The average Bonchev–Trinajstić information content (AvgIpc) is 3.56. The summed E-state index contributed by atoms with van der Waals surface area (Å²) in [5.74, 6) is -1.30. The number of benzene rings is 2. The molecule has 0 saturated heterocycles. The van der Waals surface area contributed by atoms with Gasteiger partial charge in [0.2, 0.25) is 17.7 Å². The van der Waals surface area contributed by atoms with E-state index in [1.807, 2.05) is 76.8 Å². The second kappa shape index (κ2) is 20.5. The topological polar surface area (TPSA) is 187 Å². The lowest BCUT2D eigenvalue weighted by molar-refractivity contribution is -0.129. The number of rotatable bonds is 18. The first kappa shape index (κ1) is 44.9. The molecule has 0 unspecified atom stereocenters. The molecular formula is C42H64N6O7. The minimum Gasteiger partial charge on any atom is -0.445 e. The fourth-order valence-corrected chi connectivity index (χ4v) is 6.87. The van der Waals surface area contributed by atoms with Crippen LogP contribution in [0.2, 0.25) is 0 Å². The van der Waals surface area contributed by atoms with Crippen LogP contribution in [0.15, 0.2) is 42.2 Å². The molecule has 2 aromatic carbocycles. The maximum absolute atomic E-state index is 14.4. The van der Waals surface area contributed by atoms with Gasteiger partial charge in [0.05, 0.1) is 37.3 Å². The molecule has 1 aliphatic heterocycles. The van der Waals surface area contributed by atoms with Gasteiger partial charge in [-0.2, -0.15) is 0 Å². The van der Waals surface area contributed by atoms with Crippen LogP contribution in [-0.4, -0.2) is 82.5 Å². The zero-order chi connectivity index (χ0) is 41.1. The predicted octanol–water partition coefficient (Wildman–Crippen LogP) is 4.51. The molecule has 3 rings (SSSR count). The Morgan fingerprint density at radius 1 is 0.873 bits per heavy atom. The number of aliphatic hydroxyl groups is 2. The van der Waals surface area contributed by atoms with E-state index in [9.17, 15) is 29.4 Å². The number of hydrogen-bond acceptors (Lipinski definition) is 9. The molecule has 0 spiro atoms. The number of amides is 4. The third kappa shape index (κ3) is 12.0. The normalized spacial score (nSPS) is 16.1. The molecule has 1 heterocycles. The molecule has 0 bridgehead atoms. The van der Waals surface area contributed by atoms with Gasteiger partial charge < -0.3 is 41.5 Å². The largest absolute Gasteiger partial charge is 0.445 e. The molecule has 13 nitrogen and oxygen atoms in total. The summed E-state index contributed by atoms with van der Waals surface area (Å²) in [6.45, 7) is 19.5. The van der Waals surface area contributed by atoms with Crippen LogP contribution < -0.4 is 26.6 Å². The maximum atomic E-state index is 14.4. The highest BCUT2D eigenvalue weighted by atomic mass is 16.5. The summed E-state index contributed by atoms with van der Waals surface area (Å²) in [7, 11) is 0. The Morgan fingerprint density at radius 2 is 1.47 bits per heavy atom. The van der Waals surface area contributed by atoms with Crippen LogP contribution in [0.1, 0.15) is 93.7 Å². The molecular weight excluding hydrogens is 700 g/mol. The molecule has 1 aliphatic rings. The van der Waals surface area contributed by atoms with Crippen molar-refractivity contribution in [2.45, 2.75) is 132 Å². The molecule has 4 amide bonds. The van der Waals surface area contributed by atoms with Gasteiger partial charge in [-0.15, -0.1) is 0 Å². The smallest absolute Gasteiger partial charge is 0.408 e. The number of carbonyl (C=O) groups excluding carboxylic acids is 4. The number of alkyl carbamates (subject to hydrolysis) is 1. The van der Waals surface area contributed by atoms with Gasteiger partial charge in [0.15, 0.2) is 0 Å². The fourth-order valence-electron chi connectivity index (χ4n) is 6.87. The molecule has 55 heavy (non-hydrogen) atoms. The molecule has 2 aromatic rings. The fraction of sp³-hybridized carbons (Fsp3) is 0.571. The summed E-state index contributed by atoms with van der Waals surface area (Å²) in [6.07, 6.45) is 0.316. The average molecular weight is 765 g/mol. The predicted molar refractivity (Wildman–Crippen MR) is 215 cm³/mol. The highest BCUT2D eigenvalue weighted by molar-refractivity contribution is 5.87. The van der Waals surface area contributed by atoms with Crippen LogP contribution in [0.4, 0.5) is 10.5 Å². The Kier molecular flexibility index (Phi) is 16.7. The first-order valence-corrected chi connectivity index (χ1v) is 19.4. The SMILES string of the molecule is CC[C@H](C)[C@@H](CO)NC(=O)C[C@H](O)[C@H](CC(C)C)NC(=O)[C@H](CC1=CN(C(=O)[C@H](C)N)CN1c1c(C)c(C)c(C)c(C)c1C)NC(=O)OCc1ccccc1. The van der Waals surface area contributed by atoms with Crippen LogP contribution in [0.3, 0.4) is 0 Å². The molecule has 0 aliphatic carbocycles. The lowest BCUT2D eigenvalue weighted by atomic mass is 9.92. The number of nitrogens with zero attached hydrogens (tertiary/aromatic N) is 2. The maximum Gasteiger partial charge on any atom is 0.408 e. The summed E-state index contributed by atoms with van der Waals surface area (Å²) in [5, 5.41) is 29.7. The molecule has 0 fully saturated rings. The standard InChI is InChI=1S/C42H64N6O7/c1-11-25(4)36(21-49)44-38(51)19-37(50)34(17-24(2)3)45-40(52)35(46-42(54)55-22-32-15-13-12-14-16-32)18-33-20-47(41(53)31(10)43)23-48(33)39-29(8)27(6)26(5)28(7)30(39)9/h12-16,20,24-25,31,34-37,49-50H,11,17-19,21-23,43H2,1-10H3,(H,44,51)(H,45,52)(H,46,54)/t25-,31-,34-,35-,36+,37-/m0/s1. The van der Waals surface area contributed by atoms with Gasteiger partial charge >= 0.3 is 6.09 Å². The van der Waals surface area contributed by atoms with Crippen molar-refractivity contribution in [2.75, 3.05) is 18.2 Å². The molecule has 7 N–H and O–H groups in total. The monoisotopic (exact) mass is 764 g/mol. The van der Waals surface area contributed by atoms with Gasteiger partial charge in [-0.05, 0) is 93.2 Å². The van der Waals surface area contributed by atoms with Crippen molar-refractivity contribution >= 4 is 29.5 Å². The van der Waals surface area contributed by atoms with Crippen molar-refractivity contribution in [1.82, 2.24) is 20.9 Å². The third-order valence-corrected chi connectivity index (χ3v) is 10.9. The Hall–Kier alpha value is -4.46. The highest BCUT2D eigenvalue weighted by Crippen LogP contribution is 2.38. The number of ether oxygens (including phenoxy) is 1. The van der Waals surface area contributed by atoms with Crippen molar-refractivity contribution in [3.8, 4) is 0 Å². The first-order chi connectivity index (χ1) is 25.9. The Bertz CT molecular complexity index is 1650. The second-order valence-corrected chi connectivity index (χ2v) is 15.5. The van der Waals surface area contributed by atoms with Gasteiger partial charge in [0.25, 0.3) is 0 Å². The molecule has 0 radical (unpaired) electrons. The zero-order valence-electron chi connectivity index (χ0n) is 34.4. The van der Waals surface area contributed by atoms with E-state index in [0.717, 1.165) is 39.9 Å². The van der Waals surface area contributed by atoms with Crippen molar-refractivity contribution in [2.24, 2.45) is 17.6 Å². The van der Waals surface area contributed by atoms with Crippen molar-refractivity contribution in [3.05, 3.63) is 75.6 Å². The minimum absolute atomic E-state index is 0.0230. The van der Waals surface area contributed by atoms with Gasteiger partial charge in [0.1, 0.15) is 19.3 Å². The summed E-state index contributed by atoms with van der Waals surface area (Å²) in [6, 6.07) is 5.84. The summed E-state index contributed by atoms with van der Waals surface area (Å²) in [4.78, 5) is 57.5. The summed E-state index contributed by atoms with van der Waals surface area (Å²) < 4.78 is 5.54. The molecule has 6 atom stereocenters. The highest BCUT2D eigenvalue weighted by Gasteiger charge is 2.36. The van der Waals surface area contributed by atoms with Gasteiger partial charge in [0, 0.05) is 24.0 Å². The van der Waals surface area contributed by atoms with E-state index in [2.05, 4.69) is 36.7 Å². The van der Waals surface area contributed by atoms with E-state index in [1.165, 1.54) is 10.5 Å². The summed E-state index contributed by atoms with van der Waals surface area (Å²) >= 11 is 0. The number of nitrogens with two attached hydrogens (primary N) is 1. The van der Waals surface area contributed by atoms with Gasteiger partial charge in [-0.1, -0.05) is 64.4 Å². The van der Waals surface area contributed by atoms with E-state index in [1.54, 1.807) is 13.1 Å². The number of anilines is 1. The summed E-state index contributed by atoms with van der Waals surface area (Å²) in [5.41, 5.74) is 13.7. The lowest BCUT2D eigenvalue weighted by Crippen LogP contribution is -2.54. The van der Waals surface area contributed by atoms with Crippen molar-refractivity contribution in [3.63, 3.8) is 0 Å². The lowest BCUT2D eigenvalue weighted by Gasteiger charge is -2.32. The Morgan fingerprint density at radius 3 is 2.02 bits per heavy atom. The Balaban J connectivity index is 2.00. The van der Waals surface area contributed by atoms with Crippen LogP contribution in [0.25, 0.3) is 0 Å². The zero-order valence-corrected chi connectivity index (χ0v) is 34.4. The van der Waals surface area contributed by atoms with E-state index in [-0.39, 0.29) is 50.5 Å². The first-order valence-electron chi connectivity index (χ1n) is 19.4. The van der Waals surface area contributed by atoms with Gasteiger partial charge in [-0.25, -0.2) is 4.79 Å². The van der Waals surface area contributed by atoms with Crippen LogP contribution in [0.5, 0.6) is 0 Å². The van der Waals surface area contributed by atoms with Crippen LogP contribution in [0, 0.1) is 46.5 Å². The number of aliphatic hydroxyl groups excluding tert-OH is 2. The second-order valence-electron chi connectivity index (χ2n) is 15.5. The molecule has 13 heteroatoms. The number of carbonyl (C=O) groups is 4. The van der Waals surface area contributed by atoms with E-state index >= 15 is 0 Å². The number of nitrogens with one attached hydrogen (secondary N) is 3. The van der Waals surface area contributed by atoms with Crippen molar-refractivity contribution < 1.29 is 34.1 Å². The molecule has 0 aromatic heterocycles. The molecule has 0 saturated carbocycles. The third-order valence-electron chi connectivity index (χ3n) is 10.9. The van der Waals surface area contributed by atoms with E-state index < -0.39 is 48.2 Å². The Labute approximate surface area is 327 Å². The number of hydrogen-bond donors (Lipinski definition) is 6. The van der Waals surface area contributed by atoms with E-state index in [0.29, 0.717) is 12.1 Å². The quantitative estimate of drug-likeness (QED) is 0.127.